The van der Waals surface area contributed by atoms with Crippen LogP contribution in [0.3, 0.4) is 0 Å². The molecule has 0 unspecified atom stereocenters. The first-order chi connectivity index (χ1) is 12.4. The van der Waals surface area contributed by atoms with Gasteiger partial charge in [0.05, 0.1) is 17.9 Å². The van der Waals surface area contributed by atoms with Crippen molar-refractivity contribution >= 4 is 17.6 Å². The summed E-state index contributed by atoms with van der Waals surface area (Å²) in [6.07, 6.45) is -0.160. The molecule has 1 N–H and O–H groups in total. The predicted octanol–water partition coefficient (Wildman–Crippen LogP) is 4.28. The molecular weight excluding hydrogens is 330 g/mol. The van der Waals surface area contributed by atoms with Crippen LogP contribution >= 0.6 is 0 Å². The van der Waals surface area contributed by atoms with E-state index in [1.54, 1.807) is 31.2 Å². The third-order valence-electron chi connectivity index (χ3n) is 3.82. The van der Waals surface area contributed by atoms with Crippen molar-refractivity contribution in [3.8, 4) is 5.75 Å². The lowest BCUT2D eigenvalue weighted by molar-refractivity contribution is -0.122. The van der Waals surface area contributed by atoms with E-state index in [0.717, 1.165) is 11.1 Å². The lowest BCUT2D eigenvalue weighted by Gasteiger charge is -2.19. The summed E-state index contributed by atoms with van der Waals surface area (Å²) in [6.45, 7) is 7.86. The maximum atomic E-state index is 12.7. The number of hydrogen-bond donors (Lipinski definition) is 1. The largest absolute Gasteiger partial charge is 0.481 e. The zero-order chi connectivity index (χ0) is 19.1. The van der Waals surface area contributed by atoms with Gasteiger partial charge in [0.1, 0.15) is 5.75 Å². The minimum Gasteiger partial charge on any atom is -0.481 e. The topological polar surface area (TPSA) is 64.6 Å². The molecule has 1 atom stereocenters. The molecule has 5 nitrogen and oxygen atoms in total. The number of carbonyl (C=O) groups is 2. The number of hydrogen-bond acceptors (Lipinski definition) is 4. The first-order valence-corrected chi connectivity index (χ1v) is 8.76. The molecule has 0 spiro atoms. The maximum absolute atomic E-state index is 12.7. The predicted molar refractivity (Wildman–Crippen MR) is 102 cm³/mol. The molecule has 0 fully saturated rings. The fourth-order valence-corrected chi connectivity index (χ4v) is 2.68. The Hall–Kier alpha value is -2.82. The van der Waals surface area contributed by atoms with Gasteiger partial charge in [0.2, 0.25) is 0 Å². The van der Waals surface area contributed by atoms with Gasteiger partial charge in [-0.2, -0.15) is 0 Å². The molecule has 0 saturated heterocycles. The number of nitrogens with one attached hydrogen (secondary N) is 1. The highest BCUT2D eigenvalue weighted by molar-refractivity contribution is 6.02. The van der Waals surface area contributed by atoms with Gasteiger partial charge in [-0.15, -0.1) is 0 Å². The zero-order valence-corrected chi connectivity index (χ0v) is 15.7. The second-order valence-corrected chi connectivity index (χ2v) is 6.09. The number of carbonyl (C=O) groups excluding carboxylic acids is 2. The number of aryl methyl sites for hydroxylation is 2. The lowest BCUT2D eigenvalue weighted by atomic mass is 10.1. The molecular formula is C21H25NO4. The Morgan fingerprint density at radius 1 is 1.04 bits per heavy atom. The van der Waals surface area contributed by atoms with E-state index in [-0.39, 0.29) is 12.5 Å². The molecule has 2 aromatic rings. The van der Waals surface area contributed by atoms with Gasteiger partial charge in [-0.05, 0) is 62.6 Å². The molecule has 0 aliphatic carbocycles. The molecule has 1 amide bonds. The van der Waals surface area contributed by atoms with E-state index < -0.39 is 12.1 Å². The van der Waals surface area contributed by atoms with Gasteiger partial charge in [0.15, 0.2) is 6.10 Å². The van der Waals surface area contributed by atoms with Crippen LogP contribution in [0.1, 0.15) is 41.8 Å². The summed E-state index contributed by atoms with van der Waals surface area (Å²) in [4.78, 5) is 24.7. The number of benzene rings is 2. The van der Waals surface area contributed by atoms with Crippen LogP contribution in [-0.2, 0) is 9.53 Å². The zero-order valence-electron chi connectivity index (χ0n) is 15.7. The van der Waals surface area contributed by atoms with Gasteiger partial charge in [-0.1, -0.05) is 25.1 Å². The fraction of sp³-hybridized carbons (Fsp3) is 0.333. The van der Waals surface area contributed by atoms with Crippen LogP contribution in [0.25, 0.3) is 0 Å². The normalized spacial score (nSPS) is 11.5. The van der Waals surface area contributed by atoms with E-state index in [0.29, 0.717) is 23.4 Å². The van der Waals surface area contributed by atoms with Crippen molar-refractivity contribution in [2.75, 3.05) is 11.9 Å². The van der Waals surface area contributed by atoms with Gasteiger partial charge in [0, 0.05) is 0 Å². The van der Waals surface area contributed by atoms with Crippen LogP contribution in [0.15, 0.2) is 42.5 Å². The average molecular weight is 355 g/mol. The van der Waals surface area contributed by atoms with Crippen molar-refractivity contribution < 1.29 is 19.1 Å². The molecule has 0 aliphatic rings. The molecule has 0 aliphatic heterocycles. The van der Waals surface area contributed by atoms with Gasteiger partial charge in [0.25, 0.3) is 5.91 Å². The first-order valence-electron chi connectivity index (χ1n) is 8.76. The van der Waals surface area contributed by atoms with Crippen LogP contribution in [0, 0.1) is 13.8 Å². The molecule has 2 aromatic carbocycles. The number of para-hydroxylation sites is 1. The highest BCUT2D eigenvalue weighted by Gasteiger charge is 2.21. The van der Waals surface area contributed by atoms with Crippen LogP contribution in [0.4, 0.5) is 5.69 Å². The SMILES string of the molecule is CCOC(=O)c1ccccc1NC(=O)[C@@H](CC)Oc1cc(C)cc(C)c1. The number of esters is 1. The standard InChI is InChI=1S/C21H25NO4/c1-5-19(26-16-12-14(3)11-15(4)13-16)20(23)22-18-10-8-7-9-17(18)21(24)25-6-2/h7-13,19H,5-6H2,1-4H3,(H,22,23)/t19-/m1/s1. The van der Waals surface area contributed by atoms with Gasteiger partial charge >= 0.3 is 5.97 Å². The summed E-state index contributed by atoms with van der Waals surface area (Å²) >= 11 is 0. The van der Waals surface area contributed by atoms with Crippen LogP contribution in [-0.4, -0.2) is 24.6 Å². The third-order valence-corrected chi connectivity index (χ3v) is 3.82. The second-order valence-electron chi connectivity index (χ2n) is 6.09. The minimum absolute atomic E-state index is 0.272. The minimum atomic E-state index is -0.661. The van der Waals surface area contributed by atoms with Crippen molar-refractivity contribution in [2.45, 2.75) is 40.2 Å². The summed E-state index contributed by atoms with van der Waals surface area (Å²) < 4.78 is 10.9. The Labute approximate surface area is 154 Å². The summed E-state index contributed by atoms with van der Waals surface area (Å²) in [5.41, 5.74) is 2.88. The molecule has 5 heteroatoms. The lowest BCUT2D eigenvalue weighted by Crippen LogP contribution is -2.33. The van der Waals surface area contributed by atoms with Gasteiger partial charge in [-0.25, -0.2) is 4.79 Å². The number of amides is 1. The van der Waals surface area contributed by atoms with Crippen molar-refractivity contribution in [3.05, 3.63) is 59.2 Å². The summed E-state index contributed by atoms with van der Waals surface area (Å²) in [6, 6.07) is 12.6. The van der Waals surface area contributed by atoms with Crippen LogP contribution < -0.4 is 10.1 Å². The molecule has 0 aromatic heterocycles. The van der Waals surface area contributed by atoms with E-state index in [2.05, 4.69) is 5.32 Å². The molecule has 138 valence electrons. The molecule has 0 saturated carbocycles. The smallest absolute Gasteiger partial charge is 0.340 e. The fourth-order valence-electron chi connectivity index (χ4n) is 2.68. The molecule has 0 radical (unpaired) electrons. The summed E-state index contributed by atoms with van der Waals surface area (Å²) in [7, 11) is 0. The van der Waals surface area contributed by atoms with Crippen molar-refractivity contribution in [1.82, 2.24) is 0 Å². The highest BCUT2D eigenvalue weighted by atomic mass is 16.5. The Morgan fingerprint density at radius 2 is 1.69 bits per heavy atom. The monoisotopic (exact) mass is 355 g/mol. The number of anilines is 1. The van der Waals surface area contributed by atoms with Crippen molar-refractivity contribution in [2.24, 2.45) is 0 Å². The molecule has 2 rings (SSSR count). The number of ether oxygens (including phenoxy) is 2. The highest BCUT2D eigenvalue weighted by Crippen LogP contribution is 2.21. The van der Waals surface area contributed by atoms with E-state index in [4.69, 9.17) is 9.47 Å². The van der Waals surface area contributed by atoms with Crippen molar-refractivity contribution in [3.63, 3.8) is 0 Å². The Morgan fingerprint density at radius 3 is 2.31 bits per heavy atom. The molecule has 26 heavy (non-hydrogen) atoms. The molecule has 0 heterocycles. The first kappa shape index (κ1) is 19.5. The van der Waals surface area contributed by atoms with Crippen LogP contribution in [0.5, 0.6) is 5.75 Å². The van der Waals surface area contributed by atoms with Crippen LogP contribution in [0.2, 0.25) is 0 Å². The van der Waals surface area contributed by atoms with E-state index in [1.165, 1.54) is 0 Å². The molecule has 0 bridgehead atoms. The quantitative estimate of drug-likeness (QED) is 0.753. The third kappa shape index (κ3) is 5.09. The maximum Gasteiger partial charge on any atom is 0.340 e. The van der Waals surface area contributed by atoms with Gasteiger partial charge < -0.3 is 14.8 Å². The Kier molecular flexibility index (Phi) is 6.78. The second kappa shape index (κ2) is 9.04. The average Bonchev–Trinajstić information content (AvgIpc) is 2.59. The van der Waals surface area contributed by atoms with Crippen molar-refractivity contribution in [1.29, 1.82) is 0 Å². The number of rotatable bonds is 7. The summed E-state index contributed by atoms with van der Waals surface area (Å²) in [5, 5.41) is 2.79. The van der Waals surface area contributed by atoms with E-state index in [9.17, 15) is 9.59 Å². The van der Waals surface area contributed by atoms with Gasteiger partial charge in [-0.3, -0.25) is 4.79 Å². The van der Waals surface area contributed by atoms with E-state index >= 15 is 0 Å². The summed E-state index contributed by atoms with van der Waals surface area (Å²) in [5.74, 6) is -0.113. The van der Waals surface area contributed by atoms with E-state index in [1.807, 2.05) is 39.0 Å². The Balaban J connectivity index is 2.16. The Bertz CT molecular complexity index is 765.